The lowest BCUT2D eigenvalue weighted by molar-refractivity contribution is 0.107. The van der Waals surface area contributed by atoms with Gasteiger partial charge >= 0.3 is 0 Å². The number of carbonyl (C=O) groups excluding carboxylic acids is 1. The summed E-state index contributed by atoms with van der Waals surface area (Å²) in [4.78, 5) is 13.3. The van der Waals surface area contributed by atoms with E-state index in [1.165, 1.54) is 0 Å². The summed E-state index contributed by atoms with van der Waals surface area (Å²) < 4.78 is 13.7. The third-order valence-electron chi connectivity index (χ3n) is 4.41. The van der Waals surface area contributed by atoms with Crippen LogP contribution in [0.2, 0.25) is 0 Å². The molecule has 128 valence electrons. The summed E-state index contributed by atoms with van der Waals surface area (Å²) in [7, 11) is -2.98. The van der Waals surface area contributed by atoms with Gasteiger partial charge in [-0.05, 0) is 43.9 Å². The van der Waals surface area contributed by atoms with Gasteiger partial charge < -0.3 is 4.57 Å². The molecule has 0 aliphatic carbocycles. The van der Waals surface area contributed by atoms with Crippen LogP contribution in [-0.2, 0) is 10.7 Å². The molecule has 0 saturated carbocycles. The van der Waals surface area contributed by atoms with Gasteiger partial charge in [0.2, 0.25) is 5.52 Å². The predicted octanol–water partition coefficient (Wildman–Crippen LogP) is 6.12. The Hall–Kier alpha value is -1.66. The van der Waals surface area contributed by atoms with Crippen molar-refractivity contribution in [2.24, 2.45) is 0 Å². The number of benzene rings is 2. The van der Waals surface area contributed by atoms with Crippen molar-refractivity contribution in [3.8, 4) is 0 Å². The molecular weight excluding hydrogens is 315 g/mol. The molecular formula is C21H27O2P. The first-order valence-electron chi connectivity index (χ1n) is 8.62. The maximum absolute atomic E-state index is 13.7. The molecule has 2 aromatic rings. The summed E-state index contributed by atoms with van der Waals surface area (Å²) in [5.74, 6) is 0. The van der Waals surface area contributed by atoms with E-state index in [1.54, 1.807) is 0 Å². The Balaban J connectivity index is 2.44. The van der Waals surface area contributed by atoms with Gasteiger partial charge in [0.15, 0.2) is 7.14 Å². The third-order valence-corrected chi connectivity index (χ3v) is 7.29. The van der Waals surface area contributed by atoms with Gasteiger partial charge in [-0.25, -0.2) is 0 Å². The number of carbonyl (C=O) groups is 1. The fourth-order valence-electron chi connectivity index (χ4n) is 3.27. The molecule has 0 N–H and O–H groups in total. The molecule has 0 fully saturated rings. The Morgan fingerprint density at radius 3 is 2.12 bits per heavy atom. The number of unbranched alkanes of at least 4 members (excludes halogenated alkanes) is 1. The molecule has 0 saturated heterocycles. The average Bonchev–Trinajstić information content (AvgIpc) is 2.53. The van der Waals surface area contributed by atoms with E-state index < -0.39 is 7.14 Å². The third kappa shape index (κ3) is 4.24. The molecule has 0 bridgehead atoms. The number of aryl methyl sites for hydroxylation is 3. The first kappa shape index (κ1) is 18.7. The molecule has 24 heavy (non-hydrogen) atoms. The largest absolute Gasteiger partial charge is 0.315 e. The normalized spacial score (nSPS) is 13.5. The minimum atomic E-state index is -2.98. The second kappa shape index (κ2) is 7.94. The standard InChI is InChI=1S/C21H27O2P/c1-5-6-12-24(23,15-19-10-8-7-9-11-19)21(22)20-17(3)13-16(2)14-18(20)4/h7-11,13-14H,5-6,12,15H2,1-4H3. The second-order valence-electron chi connectivity index (χ2n) is 6.69. The summed E-state index contributed by atoms with van der Waals surface area (Å²) in [5, 5.41) is 0. The van der Waals surface area contributed by atoms with Crippen LogP contribution < -0.4 is 0 Å². The molecule has 1 atom stereocenters. The van der Waals surface area contributed by atoms with Crippen LogP contribution >= 0.6 is 7.14 Å². The zero-order valence-electron chi connectivity index (χ0n) is 15.1. The fraction of sp³-hybridized carbons (Fsp3) is 0.381. The van der Waals surface area contributed by atoms with E-state index in [0.717, 1.165) is 35.1 Å². The summed E-state index contributed by atoms with van der Waals surface area (Å²) >= 11 is 0. The van der Waals surface area contributed by atoms with Crippen LogP contribution in [0.15, 0.2) is 42.5 Å². The minimum absolute atomic E-state index is 0.144. The molecule has 0 aromatic heterocycles. The maximum Gasteiger partial charge on any atom is 0.222 e. The minimum Gasteiger partial charge on any atom is -0.315 e. The average molecular weight is 342 g/mol. The summed E-state index contributed by atoms with van der Waals surface area (Å²) in [5.41, 5.74) is 4.50. The molecule has 0 aliphatic heterocycles. The Labute approximate surface area is 145 Å². The Morgan fingerprint density at radius 2 is 1.58 bits per heavy atom. The molecule has 2 rings (SSSR count). The molecule has 0 radical (unpaired) electrons. The van der Waals surface area contributed by atoms with Crippen molar-refractivity contribution >= 4 is 12.7 Å². The van der Waals surface area contributed by atoms with E-state index in [4.69, 9.17) is 0 Å². The smallest absolute Gasteiger partial charge is 0.222 e. The molecule has 0 aliphatic rings. The fourth-order valence-corrected chi connectivity index (χ4v) is 6.16. The number of rotatable bonds is 7. The van der Waals surface area contributed by atoms with E-state index in [9.17, 15) is 9.36 Å². The van der Waals surface area contributed by atoms with Gasteiger partial charge in [0.1, 0.15) is 0 Å². The monoisotopic (exact) mass is 342 g/mol. The van der Waals surface area contributed by atoms with Crippen LogP contribution in [0.5, 0.6) is 0 Å². The van der Waals surface area contributed by atoms with Crippen LogP contribution in [-0.4, -0.2) is 11.7 Å². The van der Waals surface area contributed by atoms with Crippen molar-refractivity contribution in [3.63, 3.8) is 0 Å². The highest BCUT2D eigenvalue weighted by molar-refractivity contribution is 7.80. The highest BCUT2D eigenvalue weighted by Gasteiger charge is 2.33. The molecule has 2 nitrogen and oxygen atoms in total. The van der Waals surface area contributed by atoms with Gasteiger partial charge in [-0.1, -0.05) is 61.4 Å². The highest BCUT2D eigenvalue weighted by atomic mass is 31.2. The van der Waals surface area contributed by atoms with Gasteiger partial charge in [0.25, 0.3) is 0 Å². The van der Waals surface area contributed by atoms with E-state index in [0.29, 0.717) is 17.9 Å². The van der Waals surface area contributed by atoms with Crippen molar-refractivity contribution in [3.05, 3.63) is 70.3 Å². The SMILES string of the molecule is CCCCP(=O)(Cc1ccccc1)C(=O)c1c(C)cc(C)cc1C. The molecule has 0 heterocycles. The molecule has 0 amide bonds. The predicted molar refractivity (Wildman–Crippen MR) is 103 cm³/mol. The van der Waals surface area contributed by atoms with Crippen molar-refractivity contribution in [1.29, 1.82) is 0 Å². The first-order valence-corrected chi connectivity index (χ1v) is 10.7. The van der Waals surface area contributed by atoms with Crippen LogP contribution in [0.4, 0.5) is 0 Å². The van der Waals surface area contributed by atoms with Crippen LogP contribution in [0.1, 0.15) is 52.4 Å². The zero-order chi connectivity index (χ0) is 17.7. The maximum atomic E-state index is 13.7. The summed E-state index contributed by atoms with van der Waals surface area (Å²) in [6.07, 6.45) is 2.61. The lowest BCUT2D eigenvalue weighted by Crippen LogP contribution is -2.11. The summed E-state index contributed by atoms with van der Waals surface area (Å²) in [6, 6.07) is 13.7. The Kier molecular flexibility index (Phi) is 6.18. The zero-order valence-corrected chi connectivity index (χ0v) is 16.0. The summed E-state index contributed by atoms with van der Waals surface area (Å²) in [6.45, 7) is 7.98. The topological polar surface area (TPSA) is 34.1 Å². The van der Waals surface area contributed by atoms with E-state index in [-0.39, 0.29) is 5.52 Å². The van der Waals surface area contributed by atoms with Crippen LogP contribution in [0.25, 0.3) is 0 Å². The number of hydrogen-bond acceptors (Lipinski definition) is 2. The van der Waals surface area contributed by atoms with Crippen molar-refractivity contribution in [1.82, 2.24) is 0 Å². The van der Waals surface area contributed by atoms with Gasteiger partial charge in [-0.15, -0.1) is 0 Å². The van der Waals surface area contributed by atoms with Gasteiger partial charge in [-0.2, -0.15) is 0 Å². The second-order valence-corrected chi connectivity index (χ2v) is 9.64. The van der Waals surface area contributed by atoms with Crippen molar-refractivity contribution in [2.75, 3.05) is 6.16 Å². The molecule has 3 heteroatoms. The van der Waals surface area contributed by atoms with Gasteiger partial charge in [0, 0.05) is 17.9 Å². The van der Waals surface area contributed by atoms with Gasteiger partial charge in [0.05, 0.1) is 0 Å². The van der Waals surface area contributed by atoms with E-state index >= 15 is 0 Å². The quantitative estimate of drug-likeness (QED) is 0.568. The Morgan fingerprint density at radius 1 is 1.00 bits per heavy atom. The highest BCUT2D eigenvalue weighted by Crippen LogP contribution is 2.53. The van der Waals surface area contributed by atoms with Crippen LogP contribution in [0, 0.1) is 20.8 Å². The molecule has 1 unspecified atom stereocenters. The van der Waals surface area contributed by atoms with Crippen molar-refractivity contribution < 1.29 is 9.36 Å². The molecule has 0 spiro atoms. The van der Waals surface area contributed by atoms with Crippen molar-refractivity contribution in [2.45, 2.75) is 46.7 Å². The Bertz CT molecular complexity index is 740. The first-order chi connectivity index (χ1) is 11.4. The van der Waals surface area contributed by atoms with E-state index in [2.05, 4.69) is 6.92 Å². The molecule has 2 aromatic carbocycles. The van der Waals surface area contributed by atoms with Crippen LogP contribution in [0.3, 0.4) is 0 Å². The van der Waals surface area contributed by atoms with Gasteiger partial charge in [-0.3, -0.25) is 4.79 Å². The lowest BCUT2D eigenvalue weighted by atomic mass is 10.0. The number of hydrogen-bond donors (Lipinski definition) is 0. The van der Waals surface area contributed by atoms with E-state index in [1.807, 2.05) is 63.2 Å². The lowest BCUT2D eigenvalue weighted by Gasteiger charge is -2.20.